The molecule has 5 heteroatoms. The zero-order valence-electron chi connectivity index (χ0n) is 15.9. The van der Waals surface area contributed by atoms with Gasteiger partial charge in [0.1, 0.15) is 5.75 Å². The fourth-order valence-corrected chi connectivity index (χ4v) is 4.32. The fraction of sp³-hybridized carbons (Fsp3) is 0.391. The maximum absolute atomic E-state index is 12.5. The van der Waals surface area contributed by atoms with Gasteiger partial charge >= 0.3 is 0 Å². The lowest BCUT2D eigenvalue weighted by molar-refractivity contribution is -0.129. The van der Waals surface area contributed by atoms with E-state index in [0.717, 1.165) is 30.5 Å². The number of hydrogen-bond acceptors (Lipinski definition) is 3. The fourth-order valence-electron chi connectivity index (χ4n) is 4.32. The summed E-state index contributed by atoms with van der Waals surface area (Å²) in [5.74, 6) is 0.568. The summed E-state index contributed by atoms with van der Waals surface area (Å²) in [4.78, 5) is 26.8. The van der Waals surface area contributed by atoms with Crippen molar-refractivity contribution in [2.45, 2.75) is 38.1 Å². The molecule has 0 aromatic heterocycles. The molecule has 2 N–H and O–H groups in total. The normalized spacial score (nSPS) is 19.9. The molecule has 146 valence electrons. The molecule has 0 spiro atoms. The number of aromatic hydroxyl groups is 1. The van der Waals surface area contributed by atoms with E-state index in [4.69, 9.17) is 0 Å². The van der Waals surface area contributed by atoms with Crippen molar-refractivity contribution in [3.8, 4) is 16.9 Å². The lowest BCUT2D eigenvalue weighted by Gasteiger charge is -2.24. The first-order valence-electron chi connectivity index (χ1n) is 10.1. The third kappa shape index (κ3) is 4.03. The van der Waals surface area contributed by atoms with E-state index in [1.54, 1.807) is 12.1 Å². The van der Waals surface area contributed by atoms with Crippen molar-refractivity contribution in [1.82, 2.24) is 10.2 Å². The van der Waals surface area contributed by atoms with Gasteiger partial charge in [0.05, 0.1) is 0 Å². The van der Waals surface area contributed by atoms with Gasteiger partial charge in [0.2, 0.25) is 5.91 Å². The topological polar surface area (TPSA) is 69.6 Å². The largest absolute Gasteiger partial charge is 0.508 e. The molecule has 2 aromatic rings. The minimum atomic E-state index is -0.107. The van der Waals surface area contributed by atoms with E-state index < -0.39 is 0 Å². The number of nitrogens with zero attached hydrogens (tertiary/aromatic N) is 1. The number of amides is 2. The SMILES string of the molecule is O=C(NC[C@@H]1CC(=O)N(C2CCCC2)C1)c1ccc(-c2ccc(O)cc2)cc1. The van der Waals surface area contributed by atoms with E-state index in [2.05, 4.69) is 5.32 Å². The molecule has 4 rings (SSSR count). The highest BCUT2D eigenvalue weighted by Crippen LogP contribution is 2.29. The molecule has 0 radical (unpaired) electrons. The summed E-state index contributed by atoms with van der Waals surface area (Å²) in [5, 5.41) is 12.4. The lowest BCUT2D eigenvalue weighted by Crippen LogP contribution is -2.36. The van der Waals surface area contributed by atoms with Crippen molar-refractivity contribution < 1.29 is 14.7 Å². The number of carbonyl (C=O) groups excluding carboxylic acids is 2. The molecule has 1 heterocycles. The van der Waals surface area contributed by atoms with E-state index in [-0.39, 0.29) is 23.5 Å². The van der Waals surface area contributed by atoms with E-state index in [1.807, 2.05) is 41.3 Å². The van der Waals surface area contributed by atoms with Crippen LogP contribution >= 0.6 is 0 Å². The maximum Gasteiger partial charge on any atom is 0.251 e. The van der Waals surface area contributed by atoms with Gasteiger partial charge in [0, 0.05) is 37.0 Å². The lowest BCUT2D eigenvalue weighted by atomic mass is 10.0. The Bertz CT molecular complexity index is 839. The Labute approximate surface area is 165 Å². The second-order valence-electron chi connectivity index (χ2n) is 7.89. The molecule has 1 saturated heterocycles. The van der Waals surface area contributed by atoms with Crippen LogP contribution in [0.4, 0.5) is 0 Å². The van der Waals surface area contributed by atoms with Crippen molar-refractivity contribution in [3.05, 3.63) is 54.1 Å². The first-order chi connectivity index (χ1) is 13.6. The van der Waals surface area contributed by atoms with Gasteiger partial charge in [-0.1, -0.05) is 37.1 Å². The standard InChI is InChI=1S/C23H26N2O3/c26-21-11-9-18(10-12-21)17-5-7-19(8-6-17)23(28)24-14-16-13-22(27)25(15-16)20-3-1-2-4-20/h5-12,16,20,26H,1-4,13-15H2,(H,24,28)/t16-/m0/s1. The third-order valence-electron chi connectivity index (χ3n) is 5.90. The molecule has 2 amide bonds. The number of phenols is 1. The van der Waals surface area contributed by atoms with Gasteiger partial charge in [-0.15, -0.1) is 0 Å². The number of phenolic OH excluding ortho intramolecular Hbond substituents is 1. The Morgan fingerprint density at radius 2 is 1.61 bits per heavy atom. The molecule has 0 bridgehead atoms. The molecule has 2 fully saturated rings. The Balaban J connectivity index is 1.31. The number of carbonyl (C=O) groups is 2. The van der Waals surface area contributed by atoms with Crippen molar-refractivity contribution in [3.63, 3.8) is 0 Å². The van der Waals surface area contributed by atoms with Gasteiger partial charge in [-0.05, 0) is 48.2 Å². The molecular formula is C23H26N2O3. The Kier molecular flexibility index (Phi) is 5.33. The van der Waals surface area contributed by atoms with E-state index in [1.165, 1.54) is 12.8 Å². The zero-order chi connectivity index (χ0) is 19.5. The smallest absolute Gasteiger partial charge is 0.251 e. The molecule has 28 heavy (non-hydrogen) atoms. The Morgan fingerprint density at radius 3 is 2.25 bits per heavy atom. The van der Waals surface area contributed by atoms with Gasteiger partial charge in [-0.25, -0.2) is 0 Å². The molecular weight excluding hydrogens is 352 g/mol. The molecule has 2 aliphatic rings. The van der Waals surface area contributed by atoms with Crippen LogP contribution in [-0.4, -0.2) is 41.0 Å². The zero-order valence-corrected chi connectivity index (χ0v) is 15.9. The van der Waals surface area contributed by atoms with Crippen molar-refractivity contribution in [2.24, 2.45) is 5.92 Å². The number of likely N-dealkylation sites (tertiary alicyclic amines) is 1. The molecule has 2 aromatic carbocycles. The Morgan fingerprint density at radius 1 is 1.00 bits per heavy atom. The first kappa shape index (κ1) is 18.5. The van der Waals surface area contributed by atoms with E-state index in [0.29, 0.717) is 24.6 Å². The van der Waals surface area contributed by atoms with Gasteiger partial charge in [0.25, 0.3) is 5.91 Å². The van der Waals surface area contributed by atoms with E-state index in [9.17, 15) is 14.7 Å². The van der Waals surface area contributed by atoms with Gasteiger partial charge in [-0.2, -0.15) is 0 Å². The summed E-state index contributed by atoms with van der Waals surface area (Å²) in [7, 11) is 0. The molecule has 1 atom stereocenters. The van der Waals surface area contributed by atoms with Gasteiger partial charge in [0.15, 0.2) is 0 Å². The second kappa shape index (κ2) is 8.05. The maximum atomic E-state index is 12.5. The predicted molar refractivity (Wildman–Crippen MR) is 108 cm³/mol. The van der Waals surface area contributed by atoms with Gasteiger partial charge < -0.3 is 15.3 Å². The minimum absolute atomic E-state index is 0.107. The van der Waals surface area contributed by atoms with Crippen molar-refractivity contribution >= 4 is 11.8 Å². The Hall–Kier alpha value is -2.82. The number of benzene rings is 2. The highest BCUT2D eigenvalue weighted by molar-refractivity contribution is 5.94. The summed E-state index contributed by atoms with van der Waals surface area (Å²) in [6, 6.07) is 14.8. The van der Waals surface area contributed by atoms with Crippen LogP contribution in [0.5, 0.6) is 5.75 Å². The van der Waals surface area contributed by atoms with E-state index >= 15 is 0 Å². The monoisotopic (exact) mass is 378 g/mol. The number of hydrogen-bond donors (Lipinski definition) is 2. The average molecular weight is 378 g/mol. The van der Waals surface area contributed by atoms with Crippen LogP contribution in [0.15, 0.2) is 48.5 Å². The quantitative estimate of drug-likeness (QED) is 0.835. The summed E-state index contributed by atoms with van der Waals surface area (Å²) in [6.45, 7) is 1.30. The van der Waals surface area contributed by atoms with Crippen molar-refractivity contribution in [2.75, 3.05) is 13.1 Å². The van der Waals surface area contributed by atoms with Gasteiger partial charge in [-0.3, -0.25) is 9.59 Å². The highest BCUT2D eigenvalue weighted by Gasteiger charge is 2.35. The first-order valence-corrected chi connectivity index (χ1v) is 10.1. The number of nitrogens with one attached hydrogen (secondary N) is 1. The minimum Gasteiger partial charge on any atom is -0.508 e. The molecule has 1 saturated carbocycles. The summed E-state index contributed by atoms with van der Waals surface area (Å²) >= 11 is 0. The second-order valence-corrected chi connectivity index (χ2v) is 7.89. The summed E-state index contributed by atoms with van der Waals surface area (Å²) < 4.78 is 0. The highest BCUT2D eigenvalue weighted by atomic mass is 16.3. The van der Waals surface area contributed by atoms with Crippen LogP contribution in [0, 0.1) is 5.92 Å². The van der Waals surface area contributed by atoms with Crippen LogP contribution in [0.25, 0.3) is 11.1 Å². The molecule has 5 nitrogen and oxygen atoms in total. The average Bonchev–Trinajstić information content (AvgIpc) is 3.36. The molecule has 0 unspecified atom stereocenters. The predicted octanol–water partition coefficient (Wildman–Crippen LogP) is 3.58. The third-order valence-corrected chi connectivity index (χ3v) is 5.90. The summed E-state index contributed by atoms with van der Waals surface area (Å²) in [5.41, 5.74) is 2.59. The molecule has 1 aliphatic heterocycles. The van der Waals surface area contributed by atoms with Crippen LogP contribution < -0.4 is 5.32 Å². The number of rotatable bonds is 5. The van der Waals surface area contributed by atoms with Crippen molar-refractivity contribution in [1.29, 1.82) is 0 Å². The van der Waals surface area contributed by atoms with Crippen LogP contribution in [0.2, 0.25) is 0 Å². The van der Waals surface area contributed by atoms with Crippen LogP contribution in [0.1, 0.15) is 42.5 Å². The van der Waals surface area contributed by atoms with Crippen LogP contribution in [-0.2, 0) is 4.79 Å². The summed E-state index contributed by atoms with van der Waals surface area (Å²) in [6.07, 6.45) is 5.22. The molecule has 1 aliphatic carbocycles. The van der Waals surface area contributed by atoms with Crippen LogP contribution in [0.3, 0.4) is 0 Å².